The second kappa shape index (κ2) is 8.64. The van der Waals surface area contributed by atoms with Gasteiger partial charge in [0, 0.05) is 37.1 Å². The quantitative estimate of drug-likeness (QED) is 0.546. The average molecular weight is 464 g/mol. The van der Waals surface area contributed by atoms with Gasteiger partial charge < -0.3 is 5.32 Å². The molecule has 0 fully saturated rings. The van der Waals surface area contributed by atoms with Crippen molar-refractivity contribution in [3.8, 4) is 11.4 Å². The monoisotopic (exact) mass is 462 g/mol. The van der Waals surface area contributed by atoms with E-state index in [0.717, 1.165) is 17.8 Å². The molecule has 12 heteroatoms. The van der Waals surface area contributed by atoms with Crippen LogP contribution in [0.3, 0.4) is 0 Å². The molecule has 3 rings (SSSR count). The van der Waals surface area contributed by atoms with Gasteiger partial charge >= 0.3 is 6.18 Å². The fraction of sp³-hybridized carbons (Fsp3) is 0.235. The third-order valence-corrected chi connectivity index (χ3v) is 4.13. The average Bonchev–Trinajstić information content (AvgIpc) is 2.67. The number of alkyl halides is 6. The normalized spacial score (nSPS) is 12.1. The second-order valence-electron chi connectivity index (χ2n) is 5.76. The van der Waals surface area contributed by atoms with Crippen LogP contribution in [0.2, 0.25) is 0 Å². The molecule has 1 aromatic carbocycles. The maximum Gasteiger partial charge on any atom is 0.416 e. The van der Waals surface area contributed by atoms with Crippen LogP contribution < -0.4 is 5.32 Å². The van der Waals surface area contributed by atoms with Gasteiger partial charge in [-0.05, 0) is 12.1 Å². The van der Waals surface area contributed by atoms with Gasteiger partial charge in [0.15, 0.2) is 11.6 Å². The van der Waals surface area contributed by atoms with E-state index in [-0.39, 0.29) is 23.2 Å². The zero-order valence-corrected chi connectivity index (χ0v) is 16.7. The van der Waals surface area contributed by atoms with E-state index in [1.807, 2.05) is 0 Å². The van der Waals surface area contributed by atoms with Gasteiger partial charge in [-0.2, -0.15) is 23.1 Å². The van der Waals surface area contributed by atoms with E-state index in [0.29, 0.717) is 13.0 Å². The number of hydrogen-bond donors (Lipinski definition) is 1. The molecule has 29 heavy (non-hydrogen) atoms. The summed E-state index contributed by atoms with van der Waals surface area (Å²) in [5, 5.41) is 2.93. The first-order valence-electron chi connectivity index (χ1n) is 8.12. The Bertz CT molecular complexity index is 980. The van der Waals surface area contributed by atoms with Gasteiger partial charge in [-0.25, -0.2) is 4.98 Å². The number of aromatic nitrogens is 5. The van der Waals surface area contributed by atoms with Crippen LogP contribution in [-0.2, 0) is 16.4 Å². The van der Waals surface area contributed by atoms with Crippen molar-refractivity contribution in [3.05, 3.63) is 59.9 Å². The third kappa shape index (κ3) is 5.88. The molecule has 0 spiro atoms. The molecule has 0 aliphatic carbocycles. The van der Waals surface area contributed by atoms with Gasteiger partial charge in [0.25, 0.3) is 0 Å². The first kappa shape index (κ1) is 21.5. The molecule has 1 N–H and O–H groups in total. The Balaban J connectivity index is 1.90. The van der Waals surface area contributed by atoms with Gasteiger partial charge in [0.2, 0.25) is 9.74 Å². The van der Waals surface area contributed by atoms with Crippen LogP contribution in [0.15, 0.2) is 42.9 Å². The van der Waals surface area contributed by atoms with Gasteiger partial charge in [-0.1, -0.05) is 46.9 Å². The molecule has 0 aliphatic heterocycles. The van der Waals surface area contributed by atoms with Gasteiger partial charge in [-0.15, -0.1) is 0 Å². The number of nitrogens with one attached hydrogen (secondary N) is 1. The van der Waals surface area contributed by atoms with Crippen LogP contribution >= 0.6 is 34.8 Å². The van der Waals surface area contributed by atoms with E-state index < -0.39 is 15.5 Å². The zero-order valence-electron chi connectivity index (χ0n) is 14.5. The van der Waals surface area contributed by atoms with Gasteiger partial charge in [-0.3, -0.25) is 9.97 Å². The van der Waals surface area contributed by atoms with Crippen LogP contribution in [0.25, 0.3) is 11.4 Å². The number of rotatable bonds is 5. The molecule has 0 radical (unpaired) electrons. The van der Waals surface area contributed by atoms with Crippen LogP contribution in [0.4, 0.5) is 19.1 Å². The molecule has 0 amide bonds. The summed E-state index contributed by atoms with van der Waals surface area (Å²) in [6, 6.07) is 4.54. The van der Waals surface area contributed by atoms with E-state index in [4.69, 9.17) is 34.8 Å². The molecule has 3 aromatic rings. The first-order chi connectivity index (χ1) is 13.6. The summed E-state index contributed by atoms with van der Waals surface area (Å²) in [6.45, 7) is 0.365. The lowest BCUT2D eigenvalue weighted by Gasteiger charge is -2.14. The molecular formula is C17H12Cl3F3N6. The lowest BCUT2D eigenvalue weighted by atomic mass is 10.1. The highest BCUT2D eigenvalue weighted by Crippen LogP contribution is 2.37. The third-order valence-electron chi connectivity index (χ3n) is 3.62. The predicted octanol–water partition coefficient (Wildman–Crippen LogP) is 4.83. The molecule has 0 unspecified atom stereocenters. The minimum absolute atomic E-state index is 0.0534. The summed E-state index contributed by atoms with van der Waals surface area (Å²) in [5.41, 5.74) is -0.00790. The Morgan fingerprint density at radius 3 is 2.45 bits per heavy atom. The van der Waals surface area contributed by atoms with E-state index in [1.54, 1.807) is 18.6 Å². The van der Waals surface area contributed by atoms with Crippen molar-refractivity contribution < 1.29 is 13.2 Å². The number of benzene rings is 1. The fourth-order valence-electron chi connectivity index (χ4n) is 2.31. The Morgan fingerprint density at radius 2 is 1.79 bits per heavy atom. The summed E-state index contributed by atoms with van der Waals surface area (Å²) < 4.78 is 37.1. The number of anilines is 1. The summed E-state index contributed by atoms with van der Waals surface area (Å²) in [4.78, 5) is 20.3. The van der Waals surface area contributed by atoms with E-state index in [9.17, 15) is 13.2 Å². The molecule has 0 aliphatic rings. The fourth-order valence-corrected chi connectivity index (χ4v) is 2.56. The van der Waals surface area contributed by atoms with Gasteiger partial charge in [0.1, 0.15) is 0 Å². The summed E-state index contributed by atoms with van der Waals surface area (Å²) in [5.74, 6) is -0.223. The predicted molar refractivity (Wildman–Crippen MR) is 104 cm³/mol. The standard InChI is InChI=1S/C17H12Cl3F3N6/c18-16(19,20)14-27-13(10-2-1-3-11(8-10)17(21,22)23)28-15(29-14)26-5-4-12-9-24-6-7-25-12/h1-3,6-9H,4-5H2,(H,26,27,28,29). The largest absolute Gasteiger partial charge is 0.416 e. The van der Waals surface area contributed by atoms with Gasteiger partial charge in [0.05, 0.1) is 11.3 Å². The molecule has 2 aromatic heterocycles. The Labute approximate surface area is 178 Å². The molecule has 0 saturated heterocycles. The summed E-state index contributed by atoms with van der Waals surface area (Å²) >= 11 is 17.6. The molecule has 0 bridgehead atoms. The molecule has 0 atom stereocenters. The molecular weight excluding hydrogens is 452 g/mol. The lowest BCUT2D eigenvalue weighted by Crippen LogP contribution is -2.15. The van der Waals surface area contributed by atoms with Crippen LogP contribution in [0.5, 0.6) is 0 Å². The summed E-state index contributed by atoms with van der Waals surface area (Å²) in [7, 11) is 0. The van der Waals surface area contributed by atoms with E-state index >= 15 is 0 Å². The minimum Gasteiger partial charge on any atom is -0.354 e. The highest BCUT2D eigenvalue weighted by Gasteiger charge is 2.32. The maximum absolute atomic E-state index is 13.0. The van der Waals surface area contributed by atoms with E-state index in [2.05, 4.69) is 30.2 Å². The number of hydrogen-bond acceptors (Lipinski definition) is 6. The Hall–Kier alpha value is -2.23. The summed E-state index contributed by atoms with van der Waals surface area (Å²) in [6.07, 6.45) is 0.707. The Kier molecular flexibility index (Phi) is 6.40. The minimum atomic E-state index is -4.51. The molecule has 2 heterocycles. The maximum atomic E-state index is 13.0. The highest BCUT2D eigenvalue weighted by molar-refractivity contribution is 6.66. The van der Waals surface area contributed by atoms with Crippen LogP contribution in [-0.4, -0.2) is 31.5 Å². The molecule has 152 valence electrons. The van der Waals surface area contributed by atoms with Crippen molar-refractivity contribution >= 4 is 40.8 Å². The van der Waals surface area contributed by atoms with Crippen molar-refractivity contribution in [1.82, 2.24) is 24.9 Å². The van der Waals surface area contributed by atoms with E-state index in [1.165, 1.54) is 12.1 Å². The number of nitrogens with zero attached hydrogens (tertiary/aromatic N) is 5. The molecule has 6 nitrogen and oxygen atoms in total. The van der Waals surface area contributed by atoms with Crippen LogP contribution in [0.1, 0.15) is 17.1 Å². The smallest absolute Gasteiger partial charge is 0.354 e. The SMILES string of the molecule is FC(F)(F)c1cccc(-c2nc(NCCc3cnccn3)nc(C(Cl)(Cl)Cl)n2)c1. The van der Waals surface area contributed by atoms with Crippen molar-refractivity contribution in [1.29, 1.82) is 0 Å². The number of halogens is 6. The highest BCUT2D eigenvalue weighted by atomic mass is 35.6. The topological polar surface area (TPSA) is 76.5 Å². The van der Waals surface area contributed by atoms with Crippen molar-refractivity contribution in [2.45, 2.75) is 16.4 Å². The van der Waals surface area contributed by atoms with Crippen molar-refractivity contribution in [2.24, 2.45) is 0 Å². The van der Waals surface area contributed by atoms with Crippen LogP contribution in [0, 0.1) is 0 Å². The first-order valence-corrected chi connectivity index (χ1v) is 9.26. The molecule has 0 saturated carbocycles. The second-order valence-corrected chi connectivity index (χ2v) is 8.04. The van der Waals surface area contributed by atoms with Crippen molar-refractivity contribution in [2.75, 3.05) is 11.9 Å². The van der Waals surface area contributed by atoms with Crippen molar-refractivity contribution in [3.63, 3.8) is 0 Å². The zero-order chi connectivity index (χ0) is 21.1. The Morgan fingerprint density at radius 1 is 1.00 bits per heavy atom. The lowest BCUT2D eigenvalue weighted by molar-refractivity contribution is -0.137.